The maximum atomic E-state index is 7.12. The summed E-state index contributed by atoms with van der Waals surface area (Å²) in [5.74, 6) is 0. The molecule has 4 aliphatic rings. The summed E-state index contributed by atoms with van der Waals surface area (Å²) in [5, 5.41) is 0. The van der Waals surface area contributed by atoms with Crippen LogP contribution in [0.4, 0.5) is 0 Å². The summed E-state index contributed by atoms with van der Waals surface area (Å²) in [6.07, 6.45) is 15.0. The van der Waals surface area contributed by atoms with Crippen LogP contribution in [0.1, 0.15) is 65.2 Å². The molecule has 2 saturated heterocycles. The highest BCUT2D eigenvalue weighted by Gasteiger charge is 2.52. The largest absolute Gasteiger partial charge is 0.380 e. The summed E-state index contributed by atoms with van der Waals surface area (Å²) in [7, 11) is 0. The predicted octanol–water partition coefficient (Wildman–Crippen LogP) is 4.81. The SMILES string of the molecule is CCC1(C(OC(C2=CCCC2)C2(CC)COC2)C2=CCCC2)COC1. The van der Waals surface area contributed by atoms with Gasteiger partial charge in [0, 0.05) is 10.8 Å². The quantitative estimate of drug-likeness (QED) is 0.590. The van der Waals surface area contributed by atoms with Crippen LogP contribution >= 0.6 is 0 Å². The molecule has 0 bridgehead atoms. The molecule has 0 aromatic heterocycles. The highest BCUT2D eigenvalue weighted by molar-refractivity contribution is 5.23. The van der Waals surface area contributed by atoms with Crippen molar-refractivity contribution in [2.24, 2.45) is 10.8 Å². The minimum atomic E-state index is 0.188. The highest BCUT2D eigenvalue weighted by Crippen LogP contribution is 2.48. The van der Waals surface area contributed by atoms with E-state index in [4.69, 9.17) is 14.2 Å². The molecule has 3 heteroatoms. The Bertz CT molecular complexity index is 480. The Morgan fingerprint density at radius 1 is 0.840 bits per heavy atom. The third-order valence-electron chi connectivity index (χ3n) is 7.18. The average molecular weight is 347 g/mol. The van der Waals surface area contributed by atoms with Crippen molar-refractivity contribution in [3.05, 3.63) is 23.3 Å². The zero-order valence-electron chi connectivity index (χ0n) is 16.0. The van der Waals surface area contributed by atoms with Crippen molar-refractivity contribution in [2.45, 2.75) is 77.4 Å². The molecule has 0 aromatic rings. The summed E-state index contributed by atoms with van der Waals surface area (Å²) in [6, 6.07) is 0. The standard InChI is InChI=1S/C22H34O3/c1-3-21(13-23-14-21)19(17-9-5-6-10-17)25-20(18-11-7-8-12-18)22(4-2)15-24-16-22/h9,11,19-20H,3-8,10,12-16H2,1-2H3. The Labute approximate surface area is 152 Å². The molecule has 3 nitrogen and oxygen atoms in total. The minimum absolute atomic E-state index is 0.188. The van der Waals surface area contributed by atoms with Crippen molar-refractivity contribution in [3.8, 4) is 0 Å². The second kappa shape index (κ2) is 7.17. The molecular weight excluding hydrogens is 312 g/mol. The van der Waals surface area contributed by atoms with Crippen LogP contribution in [-0.4, -0.2) is 38.6 Å². The lowest BCUT2D eigenvalue weighted by Crippen LogP contribution is -2.58. The first-order valence-electron chi connectivity index (χ1n) is 10.4. The van der Waals surface area contributed by atoms with E-state index in [2.05, 4.69) is 26.0 Å². The molecule has 25 heavy (non-hydrogen) atoms. The lowest BCUT2D eigenvalue weighted by atomic mass is 9.71. The van der Waals surface area contributed by atoms with Crippen molar-refractivity contribution in [1.82, 2.24) is 0 Å². The van der Waals surface area contributed by atoms with Crippen molar-refractivity contribution < 1.29 is 14.2 Å². The van der Waals surface area contributed by atoms with Gasteiger partial charge in [-0.25, -0.2) is 0 Å². The first kappa shape index (κ1) is 17.8. The van der Waals surface area contributed by atoms with E-state index in [1.807, 2.05) is 0 Å². The Balaban J connectivity index is 1.63. The third kappa shape index (κ3) is 3.02. The molecular formula is C22H34O3. The number of ether oxygens (including phenoxy) is 3. The summed E-state index contributed by atoms with van der Waals surface area (Å²) in [4.78, 5) is 0. The van der Waals surface area contributed by atoms with Crippen molar-refractivity contribution in [2.75, 3.05) is 26.4 Å². The van der Waals surface area contributed by atoms with Crippen LogP contribution in [0.15, 0.2) is 23.3 Å². The molecule has 2 aliphatic heterocycles. The van der Waals surface area contributed by atoms with Gasteiger partial charge in [-0.3, -0.25) is 0 Å². The first-order chi connectivity index (χ1) is 12.2. The van der Waals surface area contributed by atoms with E-state index in [1.165, 1.54) is 38.5 Å². The van der Waals surface area contributed by atoms with Crippen LogP contribution in [0.25, 0.3) is 0 Å². The Kier molecular flexibility index (Phi) is 5.09. The van der Waals surface area contributed by atoms with Gasteiger partial charge in [0.25, 0.3) is 0 Å². The topological polar surface area (TPSA) is 27.7 Å². The van der Waals surface area contributed by atoms with E-state index in [1.54, 1.807) is 11.1 Å². The highest BCUT2D eigenvalue weighted by atomic mass is 16.5. The summed E-state index contributed by atoms with van der Waals surface area (Å²) in [5.41, 5.74) is 3.46. The van der Waals surface area contributed by atoms with Crippen LogP contribution < -0.4 is 0 Å². The fourth-order valence-electron chi connectivity index (χ4n) is 5.06. The number of rotatable bonds is 8. The smallest absolute Gasteiger partial charge is 0.0893 e. The van der Waals surface area contributed by atoms with Gasteiger partial charge in [0.2, 0.25) is 0 Å². The second-order valence-electron chi connectivity index (χ2n) is 8.66. The molecule has 140 valence electrons. The van der Waals surface area contributed by atoms with E-state index in [0.717, 1.165) is 39.3 Å². The van der Waals surface area contributed by atoms with Gasteiger partial charge in [-0.05, 0) is 62.5 Å². The molecule has 2 atom stereocenters. The second-order valence-corrected chi connectivity index (χ2v) is 8.66. The van der Waals surface area contributed by atoms with Crippen molar-refractivity contribution >= 4 is 0 Å². The van der Waals surface area contributed by atoms with Crippen LogP contribution in [0, 0.1) is 10.8 Å². The van der Waals surface area contributed by atoms with Gasteiger partial charge in [0.1, 0.15) is 0 Å². The van der Waals surface area contributed by atoms with Crippen LogP contribution in [-0.2, 0) is 14.2 Å². The molecule has 2 aliphatic carbocycles. The molecule has 2 unspecified atom stereocenters. The van der Waals surface area contributed by atoms with E-state index < -0.39 is 0 Å². The van der Waals surface area contributed by atoms with Gasteiger partial charge in [-0.1, -0.05) is 26.0 Å². The van der Waals surface area contributed by atoms with E-state index in [-0.39, 0.29) is 23.0 Å². The molecule has 2 fully saturated rings. The summed E-state index contributed by atoms with van der Waals surface area (Å²) in [6.45, 7) is 8.03. The molecule has 0 N–H and O–H groups in total. The Morgan fingerprint density at radius 3 is 1.52 bits per heavy atom. The van der Waals surface area contributed by atoms with Gasteiger partial charge in [-0.15, -0.1) is 0 Å². The lowest BCUT2D eigenvalue weighted by Gasteiger charge is -2.53. The monoisotopic (exact) mass is 346 g/mol. The third-order valence-corrected chi connectivity index (χ3v) is 7.18. The number of hydrogen-bond acceptors (Lipinski definition) is 3. The van der Waals surface area contributed by atoms with Crippen LogP contribution in [0.3, 0.4) is 0 Å². The van der Waals surface area contributed by atoms with E-state index in [0.29, 0.717) is 0 Å². The summed E-state index contributed by atoms with van der Waals surface area (Å²) >= 11 is 0. The fourth-order valence-corrected chi connectivity index (χ4v) is 5.06. The maximum absolute atomic E-state index is 7.12. The van der Waals surface area contributed by atoms with Crippen molar-refractivity contribution in [3.63, 3.8) is 0 Å². The zero-order chi connectivity index (χ0) is 17.3. The van der Waals surface area contributed by atoms with Gasteiger partial charge in [-0.2, -0.15) is 0 Å². The molecule has 2 heterocycles. The molecule has 0 spiro atoms. The number of allylic oxidation sites excluding steroid dienone is 2. The maximum Gasteiger partial charge on any atom is 0.0893 e. The Hall–Kier alpha value is -0.640. The lowest BCUT2D eigenvalue weighted by molar-refractivity contribution is -0.232. The van der Waals surface area contributed by atoms with E-state index >= 15 is 0 Å². The van der Waals surface area contributed by atoms with Crippen LogP contribution in [0.2, 0.25) is 0 Å². The summed E-state index contributed by atoms with van der Waals surface area (Å²) < 4.78 is 18.5. The zero-order valence-corrected chi connectivity index (χ0v) is 16.0. The molecule has 0 saturated carbocycles. The van der Waals surface area contributed by atoms with Crippen LogP contribution in [0.5, 0.6) is 0 Å². The molecule has 0 radical (unpaired) electrons. The average Bonchev–Trinajstić information content (AvgIpc) is 3.24. The fraction of sp³-hybridized carbons (Fsp3) is 0.818. The molecule has 0 amide bonds. The number of hydrogen-bond donors (Lipinski definition) is 0. The van der Waals surface area contributed by atoms with Gasteiger partial charge in [0.05, 0.1) is 38.6 Å². The normalized spacial score (nSPS) is 29.4. The van der Waals surface area contributed by atoms with Crippen molar-refractivity contribution in [1.29, 1.82) is 0 Å². The first-order valence-corrected chi connectivity index (χ1v) is 10.4. The minimum Gasteiger partial charge on any atom is -0.380 e. The van der Waals surface area contributed by atoms with E-state index in [9.17, 15) is 0 Å². The molecule has 0 aromatic carbocycles. The van der Waals surface area contributed by atoms with Gasteiger partial charge < -0.3 is 14.2 Å². The predicted molar refractivity (Wildman–Crippen MR) is 99.6 cm³/mol. The molecule has 4 rings (SSSR count). The Morgan fingerprint density at radius 2 is 1.28 bits per heavy atom. The van der Waals surface area contributed by atoms with Gasteiger partial charge >= 0.3 is 0 Å². The van der Waals surface area contributed by atoms with Gasteiger partial charge in [0.15, 0.2) is 0 Å².